The zero-order chi connectivity index (χ0) is 10.2. The van der Waals surface area contributed by atoms with Gasteiger partial charge in [-0.25, -0.2) is 0 Å². The van der Waals surface area contributed by atoms with Crippen LogP contribution in [0.25, 0.3) is 0 Å². The van der Waals surface area contributed by atoms with Crippen molar-refractivity contribution in [3.8, 4) is 0 Å². The van der Waals surface area contributed by atoms with Gasteiger partial charge in [-0.05, 0) is 40.9 Å². The lowest BCUT2D eigenvalue weighted by molar-refractivity contribution is 0.0200. The van der Waals surface area contributed by atoms with Gasteiger partial charge in [-0.2, -0.15) is 0 Å². The van der Waals surface area contributed by atoms with E-state index < -0.39 is 0 Å². The molecular weight excluding hydrogens is 244 g/mol. The fourth-order valence-corrected chi connectivity index (χ4v) is 2.25. The molecule has 0 aliphatic heterocycles. The van der Waals surface area contributed by atoms with Crippen LogP contribution in [-0.4, -0.2) is 22.7 Å². The Morgan fingerprint density at radius 2 is 2.29 bits per heavy atom. The summed E-state index contributed by atoms with van der Waals surface area (Å²) in [5.41, 5.74) is 6.65. The van der Waals surface area contributed by atoms with E-state index in [4.69, 9.17) is 5.73 Å². The summed E-state index contributed by atoms with van der Waals surface area (Å²) in [5, 5.41) is 9.34. The van der Waals surface area contributed by atoms with Crippen molar-refractivity contribution in [2.24, 2.45) is 5.73 Å². The molecule has 0 spiro atoms. The molecule has 2 rings (SSSR count). The van der Waals surface area contributed by atoms with Gasteiger partial charge in [0.05, 0.1) is 6.10 Å². The van der Waals surface area contributed by atoms with Gasteiger partial charge in [0.1, 0.15) is 0 Å². The molecule has 0 bridgehead atoms. The lowest BCUT2D eigenvalue weighted by Gasteiger charge is -2.44. The second kappa shape index (κ2) is 3.61. The topological polar surface area (TPSA) is 59.1 Å². The Morgan fingerprint density at radius 3 is 2.71 bits per heavy atom. The molecule has 0 saturated heterocycles. The number of nitrogens with two attached hydrogens (primary N) is 1. The Bertz CT molecular complexity index is 319. The van der Waals surface area contributed by atoms with Gasteiger partial charge in [-0.1, -0.05) is 0 Å². The number of rotatable bonds is 2. The Kier molecular flexibility index (Phi) is 2.60. The van der Waals surface area contributed by atoms with E-state index in [0.29, 0.717) is 6.54 Å². The zero-order valence-electron chi connectivity index (χ0n) is 7.78. The maximum atomic E-state index is 9.34. The summed E-state index contributed by atoms with van der Waals surface area (Å²) in [4.78, 5) is 4.34. The van der Waals surface area contributed by atoms with Crippen LogP contribution in [0.2, 0.25) is 0 Å². The number of hydrogen-bond acceptors (Lipinski definition) is 3. The zero-order valence-corrected chi connectivity index (χ0v) is 9.37. The van der Waals surface area contributed by atoms with Crippen molar-refractivity contribution in [2.75, 3.05) is 6.54 Å². The molecule has 0 radical (unpaired) electrons. The molecular formula is C10H13BrN2O. The minimum absolute atomic E-state index is 0.0832. The second-order valence-electron chi connectivity index (χ2n) is 3.91. The van der Waals surface area contributed by atoms with Gasteiger partial charge in [0.2, 0.25) is 0 Å². The van der Waals surface area contributed by atoms with Gasteiger partial charge in [0, 0.05) is 28.3 Å². The van der Waals surface area contributed by atoms with Crippen LogP contribution in [0.3, 0.4) is 0 Å². The highest BCUT2D eigenvalue weighted by Gasteiger charge is 2.44. The van der Waals surface area contributed by atoms with Crippen LogP contribution < -0.4 is 5.73 Å². The Balaban J connectivity index is 2.25. The van der Waals surface area contributed by atoms with E-state index in [1.54, 1.807) is 6.20 Å². The monoisotopic (exact) mass is 256 g/mol. The highest BCUT2D eigenvalue weighted by atomic mass is 79.9. The standard InChI is InChI=1S/C10H13BrN2O/c11-7-1-2-9(13-5-7)10(6-12)3-8(14)4-10/h1-2,5,8,14H,3-4,6,12H2. The van der Waals surface area contributed by atoms with Gasteiger partial charge in [-0.15, -0.1) is 0 Å². The second-order valence-corrected chi connectivity index (χ2v) is 4.82. The fourth-order valence-electron chi connectivity index (χ4n) is 2.01. The molecule has 0 atom stereocenters. The Labute approximate surface area is 91.5 Å². The van der Waals surface area contributed by atoms with E-state index in [-0.39, 0.29) is 11.5 Å². The van der Waals surface area contributed by atoms with Gasteiger partial charge in [-0.3, -0.25) is 4.98 Å². The number of aliphatic hydroxyl groups is 1. The third-order valence-corrected chi connectivity index (χ3v) is 3.38. The number of aliphatic hydroxyl groups excluding tert-OH is 1. The number of pyridine rings is 1. The lowest BCUT2D eigenvalue weighted by Crippen LogP contribution is -2.50. The van der Waals surface area contributed by atoms with Crippen molar-refractivity contribution >= 4 is 15.9 Å². The summed E-state index contributed by atoms with van der Waals surface area (Å²) in [6.07, 6.45) is 3.04. The van der Waals surface area contributed by atoms with Gasteiger partial charge in [0.15, 0.2) is 0 Å². The SMILES string of the molecule is NCC1(c2ccc(Br)cn2)CC(O)C1. The van der Waals surface area contributed by atoms with Crippen LogP contribution in [0.15, 0.2) is 22.8 Å². The first-order valence-corrected chi connectivity index (χ1v) is 5.46. The van der Waals surface area contributed by atoms with E-state index in [2.05, 4.69) is 20.9 Å². The van der Waals surface area contributed by atoms with E-state index in [1.807, 2.05) is 12.1 Å². The summed E-state index contributed by atoms with van der Waals surface area (Å²) >= 11 is 3.34. The summed E-state index contributed by atoms with van der Waals surface area (Å²) in [7, 11) is 0. The largest absolute Gasteiger partial charge is 0.393 e. The molecule has 3 N–H and O–H groups in total. The van der Waals surface area contributed by atoms with Crippen LogP contribution in [0.1, 0.15) is 18.5 Å². The highest BCUT2D eigenvalue weighted by Crippen LogP contribution is 2.42. The molecule has 0 amide bonds. The number of halogens is 1. The quantitative estimate of drug-likeness (QED) is 0.836. The first-order chi connectivity index (χ1) is 6.66. The van der Waals surface area contributed by atoms with Crippen LogP contribution in [0.4, 0.5) is 0 Å². The number of aromatic nitrogens is 1. The number of nitrogens with zero attached hydrogens (tertiary/aromatic N) is 1. The van der Waals surface area contributed by atoms with E-state index in [0.717, 1.165) is 23.0 Å². The van der Waals surface area contributed by atoms with Crippen LogP contribution >= 0.6 is 15.9 Å². The molecule has 1 heterocycles. The van der Waals surface area contributed by atoms with Crippen molar-refractivity contribution in [2.45, 2.75) is 24.4 Å². The summed E-state index contributed by atoms with van der Waals surface area (Å²) in [5.74, 6) is 0. The third-order valence-electron chi connectivity index (χ3n) is 2.91. The molecule has 0 aromatic carbocycles. The maximum absolute atomic E-state index is 9.34. The summed E-state index contributed by atoms with van der Waals surface area (Å²) in [6.45, 7) is 0.554. The lowest BCUT2D eigenvalue weighted by atomic mass is 9.64. The molecule has 1 aliphatic carbocycles. The minimum Gasteiger partial charge on any atom is -0.393 e. The maximum Gasteiger partial charge on any atom is 0.0559 e. The normalized spacial score (nSPS) is 31.2. The van der Waals surface area contributed by atoms with Gasteiger partial charge >= 0.3 is 0 Å². The van der Waals surface area contributed by atoms with Crippen molar-refractivity contribution in [3.05, 3.63) is 28.5 Å². The molecule has 14 heavy (non-hydrogen) atoms. The van der Waals surface area contributed by atoms with Crippen molar-refractivity contribution in [1.82, 2.24) is 4.98 Å². The van der Waals surface area contributed by atoms with E-state index in [9.17, 15) is 5.11 Å². The van der Waals surface area contributed by atoms with E-state index >= 15 is 0 Å². The van der Waals surface area contributed by atoms with Crippen molar-refractivity contribution in [1.29, 1.82) is 0 Å². The first kappa shape index (κ1) is 10.1. The van der Waals surface area contributed by atoms with Gasteiger partial charge < -0.3 is 10.8 Å². The van der Waals surface area contributed by atoms with Crippen molar-refractivity contribution in [3.63, 3.8) is 0 Å². The van der Waals surface area contributed by atoms with Crippen LogP contribution in [-0.2, 0) is 5.41 Å². The molecule has 3 nitrogen and oxygen atoms in total. The average Bonchev–Trinajstić information content (AvgIpc) is 2.14. The molecule has 1 aliphatic rings. The summed E-state index contributed by atoms with van der Waals surface area (Å²) < 4.78 is 0.966. The molecule has 0 unspecified atom stereocenters. The highest BCUT2D eigenvalue weighted by molar-refractivity contribution is 9.10. The van der Waals surface area contributed by atoms with Crippen LogP contribution in [0.5, 0.6) is 0 Å². The van der Waals surface area contributed by atoms with Gasteiger partial charge in [0.25, 0.3) is 0 Å². The molecule has 4 heteroatoms. The Morgan fingerprint density at radius 1 is 1.57 bits per heavy atom. The molecule has 1 saturated carbocycles. The predicted molar refractivity (Wildman–Crippen MR) is 57.9 cm³/mol. The summed E-state index contributed by atoms with van der Waals surface area (Å²) in [6, 6.07) is 3.94. The Hall–Kier alpha value is -0.450. The first-order valence-electron chi connectivity index (χ1n) is 4.66. The molecule has 1 aromatic heterocycles. The van der Waals surface area contributed by atoms with E-state index in [1.165, 1.54) is 0 Å². The average molecular weight is 257 g/mol. The fraction of sp³-hybridized carbons (Fsp3) is 0.500. The molecule has 76 valence electrons. The number of hydrogen-bond donors (Lipinski definition) is 2. The smallest absolute Gasteiger partial charge is 0.0559 e. The van der Waals surface area contributed by atoms with Crippen LogP contribution in [0, 0.1) is 0 Å². The van der Waals surface area contributed by atoms with Crippen molar-refractivity contribution < 1.29 is 5.11 Å². The molecule has 1 aromatic rings. The third kappa shape index (κ3) is 1.58. The predicted octanol–water partition coefficient (Wildman–Crippen LogP) is 1.20. The minimum atomic E-state index is -0.205. The molecule has 1 fully saturated rings.